The fourth-order valence-electron chi connectivity index (χ4n) is 1.97. The van der Waals surface area contributed by atoms with E-state index in [2.05, 4.69) is 67.0 Å². The lowest BCUT2D eigenvalue weighted by Crippen LogP contribution is -2.20. The van der Waals surface area contributed by atoms with E-state index >= 15 is 0 Å². The maximum absolute atomic E-state index is 5.89. The van der Waals surface area contributed by atoms with Gasteiger partial charge in [-0.2, -0.15) is 0 Å². The zero-order chi connectivity index (χ0) is 13.7. The molecule has 0 aliphatic heterocycles. The molecular weight excluding hydrogens is 252 g/mol. The largest absolute Gasteiger partial charge is 0.377 e. The van der Waals surface area contributed by atoms with Crippen molar-refractivity contribution in [3.05, 3.63) is 59.7 Å². The minimum atomic E-state index is 0.151. The lowest BCUT2D eigenvalue weighted by atomic mass is 10.1. The molecule has 0 bridgehead atoms. The molecule has 0 heterocycles. The van der Waals surface area contributed by atoms with Crippen LogP contribution in [0.2, 0.25) is 0 Å². The second kappa shape index (κ2) is 6.64. The van der Waals surface area contributed by atoms with Crippen LogP contribution in [0.15, 0.2) is 53.4 Å². The van der Waals surface area contributed by atoms with Gasteiger partial charge in [-0.15, -0.1) is 11.8 Å². The Kier molecular flexibility index (Phi) is 4.88. The average molecular weight is 272 g/mol. The van der Waals surface area contributed by atoms with E-state index in [4.69, 9.17) is 5.73 Å². The summed E-state index contributed by atoms with van der Waals surface area (Å²) in [4.78, 5) is 1.27. The van der Waals surface area contributed by atoms with Crippen LogP contribution in [0.4, 0.5) is 5.69 Å². The second-order valence-electron chi connectivity index (χ2n) is 4.57. The van der Waals surface area contributed by atoms with Crippen molar-refractivity contribution < 1.29 is 0 Å². The molecule has 2 aromatic carbocycles. The Bertz CT molecular complexity index is 505. The fraction of sp³-hybridized carbons (Fsp3) is 0.250. The predicted molar refractivity (Wildman–Crippen MR) is 84.8 cm³/mol. The second-order valence-corrected chi connectivity index (χ2v) is 5.45. The molecule has 1 atom stereocenters. The summed E-state index contributed by atoms with van der Waals surface area (Å²) in [5.41, 5.74) is 9.48. The lowest BCUT2D eigenvalue weighted by Gasteiger charge is -2.19. The average Bonchev–Trinajstić information content (AvgIpc) is 2.47. The third kappa shape index (κ3) is 3.75. The summed E-state index contributed by atoms with van der Waals surface area (Å²) in [5.74, 6) is 0. The minimum Gasteiger partial charge on any atom is -0.377 e. The van der Waals surface area contributed by atoms with Gasteiger partial charge in [0.05, 0.1) is 6.04 Å². The molecule has 0 spiro atoms. The van der Waals surface area contributed by atoms with Crippen molar-refractivity contribution >= 4 is 17.4 Å². The summed E-state index contributed by atoms with van der Waals surface area (Å²) < 4.78 is 0. The third-order valence-electron chi connectivity index (χ3n) is 3.15. The van der Waals surface area contributed by atoms with E-state index in [9.17, 15) is 0 Å². The van der Waals surface area contributed by atoms with Gasteiger partial charge in [-0.1, -0.05) is 29.8 Å². The Morgan fingerprint density at radius 3 is 2.21 bits per heavy atom. The van der Waals surface area contributed by atoms with E-state index in [1.54, 1.807) is 11.8 Å². The molecule has 0 saturated carbocycles. The first-order chi connectivity index (χ1) is 9.22. The van der Waals surface area contributed by atoms with Gasteiger partial charge in [-0.3, -0.25) is 0 Å². The Morgan fingerprint density at radius 1 is 1.05 bits per heavy atom. The summed E-state index contributed by atoms with van der Waals surface area (Å²) in [6, 6.07) is 17.1. The van der Waals surface area contributed by atoms with Gasteiger partial charge in [-0.25, -0.2) is 0 Å². The molecule has 0 aliphatic carbocycles. The highest BCUT2D eigenvalue weighted by Gasteiger charge is 2.09. The molecule has 0 aliphatic rings. The van der Waals surface area contributed by atoms with Crippen molar-refractivity contribution in [1.82, 2.24) is 0 Å². The molecule has 3 heteroatoms. The molecule has 19 heavy (non-hydrogen) atoms. The van der Waals surface area contributed by atoms with Crippen LogP contribution in [-0.4, -0.2) is 12.8 Å². The van der Waals surface area contributed by atoms with Crippen molar-refractivity contribution in [3.63, 3.8) is 0 Å². The molecule has 2 nitrogen and oxygen atoms in total. The Balaban J connectivity index is 2.12. The summed E-state index contributed by atoms with van der Waals surface area (Å²) in [6.45, 7) is 2.66. The van der Waals surface area contributed by atoms with Gasteiger partial charge in [0.15, 0.2) is 0 Å². The summed E-state index contributed by atoms with van der Waals surface area (Å²) in [6.07, 6.45) is 2.08. The molecular formula is C16H20N2S. The molecule has 2 aromatic rings. The van der Waals surface area contributed by atoms with E-state index in [1.165, 1.54) is 16.0 Å². The first-order valence-corrected chi connectivity index (χ1v) is 7.62. The number of anilines is 1. The lowest BCUT2D eigenvalue weighted by molar-refractivity contribution is 0.789. The van der Waals surface area contributed by atoms with E-state index in [0.717, 1.165) is 5.69 Å². The molecule has 2 rings (SSSR count). The topological polar surface area (TPSA) is 38.0 Å². The number of rotatable bonds is 5. The van der Waals surface area contributed by atoms with Gasteiger partial charge in [0.1, 0.15) is 0 Å². The Labute approximate surface area is 119 Å². The molecule has 1 unspecified atom stereocenters. The van der Waals surface area contributed by atoms with Crippen LogP contribution in [-0.2, 0) is 0 Å². The van der Waals surface area contributed by atoms with Crippen LogP contribution in [0.5, 0.6) is 0 Å². The first kappa shape index (κ1) is 14.0. The van der Waals surface area contributed by atoms with Crippen molar-refractivity contribution in [2.45, 2.75) is 17.9 Å². The maximum atomic E-state index is 5.89. The molecule has 3 N–H and O–H groups in total. The van der Waals surface area contributed by atoms with Crippen LogP contribution in [0, 0.1) is 6.92 Å². The van der Waals surface area contributed by atoms with Crippen molar-refractivity contribution in [1.29, 1.82) is 0 Å². The predicted octanol–water partition coefficient (Wildman–Crippen LogP) is 3.83. The van der Waals surface area contributed by atoms with Gasteiger partial charge in [-0.05, 0) is 43.0 Å². The standard InChI is InChI=1S/C16H20N2S/c1-12-3-7-14(8-4-12)18-16(11-17)13-5-9-15(19-2)10-6-13/h3-10,16,18H,11,17H2,1-2H3. The third-order valence-corrected chi connectivity index (χ3v) is 3.89. The molecule has 0 fully saturated rings. The summed E-state index contributed by atoms with van der Waals surface area (Å²) in [7, 11) is 0. The number of hydrogen-bond acceptors (Lipinski definition) is 3. The quantitative estimate of drug-likeness (QED) is 0.812. The van der Waals surface area contributed by atoms with Gasteiger partial charge in [0.25, 0.3) is 0 Å². The van der Waals surface area contributed by atoms with Crippen LogP contribution in [0.25, 0.3) is 0 Å². The van der Waals surface area contributed by atoms with E-state index in [-0.39, 0.29) is 6.04 Å². The van der Waals surface area contributed by atoms with Gasteiger partial charge >= 0.3 is 0 Å². The van der Waals surface area contributed by atoms with E-state index < -0.39 is 0 Å². The minimum absolute atomic E-state index is 0.151. The van der Waals surface area contributed by atoms with Gasteiger partial charge in [0, 0.05) is 17.1 Å². The molecule has 0 amide bonds. The monoisotopic (exact) mass is 272 g/mol. The SMILES string of the molecule is CSc1ccc(C(CN)Nc2ccc(C)cc2)cc1. The normalized spacial score (nSPS) is 12.2. The Morgan fingerprint density at radius 2 is 1.68 bits per heavy atom. The van der Waals surface area contributed by atoms with Gasteiger partial charge in [0.2, 0.25) is 0 Å². The van der Waals surface area contributed by atoms with Crippen LogP contribution < -0.4 is 11.1 Å². The van der Waals surface area contributed by atoms with E-state index in [1.807, 2.05) is 0 Å². The molecule has 0 aromatic heterocycles. The molecule has 100 valence electrons. The smallest absolute Gasteiger partial charge is 0.0636 e. The molecule has 0 radical (unpaired) electrons. The van der Waals surface area contributed by atoms with Crippen molar-refractivity contribution in [2.24, 2.45) is 5.73 Å². The van der Waals surface area contributed by atoms with Crippen molar-refractivity contribution in [2.75, 3.05) is 18.1 Å². The number of nitrogens with two attached hydrogens (primary N) is 1. The maximum Gasteiger partial charge on any atom is 0.0636 e. The zero-order valence-electron chi connectivity index (χ0n) is 11.4. The highest BCUT2D eigenvalue weighted by molar-refractivity contribution is 7.98. The van der Waals surface area contributed by atoms with Gasteiger partial charge < -0.3 is 11.1 Å². The van der Waals surface area contributed by atoms with E-state index in [0.29, 0.717) is 6.54 Å². The highest BCUT2D eigenvalue weighted by Crippen LogP contribution is 2.22. The number of thioether (sulfide) groups is 1. The van der Waals surface area contributed by atoms with Crippen molar-refractivity contribution in [3.8, 4) is 0 Å². The summed E-state index contributed by atoms with van der Waals surface area (Å²) in [5, 5.41) is 3.48. The number of nitrogens with one attached hydrogen (secondary N) is 1. The first-order valence-electron chi connectivity index (χ1n) is 6.40. The Hall–Kier alpha value is -1.45. The number of benzene rings is 2. The van der Waals surface area contributed by atoms with Crippen LogP contribution in [0.3, 0.4) is 0 Å². The highest BCUT2D eigenvalue weighted by atomic mass is 32.2. The number of aryl methyl sites for hydroxylation is 1. The summed E-state index contributed by atoms with van der Waals surface area (Å²) >= 11 is 1.75. The zero-order valence-corrected chi connectivity index (χ0v) is 12.2. The number of hydrogen-bond donors (Lipinski definition) is 2. The van der Waals surface area contributed by atoms with Crippen LogP contribution >= 0.6 is 11.8 Å². The molecule has 0 saturated heterocycles. The fourth-order valence-corrected chi connectivity index (χ4v) is 2.37. The van der Waals surface area contributed by atoms with Crippen LogP contribution in [0.1, 0.15) is 17.2 Å².